The van der Waals surface area contributed by atoms with Gasteiger partial charge in [0.25, 0.3) is 0 Å². The lowest BCUT2D eigenvalue weighted by Gasteiger charge is -2.23. The van der Waals surface area contributed by atoms with Gasteiger partial charge in [0.1, 0.15) is 12.4 Å². The number of rotatable bonds is 6. The summed E-state index contributed by atoms with van der Waals surface area (Å²) in [5, 5.41) is 0.755. The molecule has 2 heterocycles. The summed E-state index contributed by atoms with van der Waals surface area (Å²) in [6.45, 7) is 7.44. The van der Waals surface area contributed by atoms with E-state index in [9.17, 15) is 0 Å². The van der Waals surface area contributed by atoms with Crippen LogP contribution in [0.4, 0.5) is 0 Å². The van der Waals surface area contributed by atoms with Gasteiger partial charge in [0.15, 0.2) is 0 Å². The van der Waals surface area contributed by atoms with Crippen molar-refractivity contribution in [2.75, 3.05) is 32.8 Å². The molecule has 0 amide bonds. The van der Waals surface area contributed by atoms with Crippen LogP contribution >= 0.6 is 24.0 Å². The third-order valence-electron chi connectivity index (χ3n) is 4.99. The van der Waals surface area contributed by atoms with Crippen LogP contribution in [0.5, 0.6) is 5.75 Å². The smallest absolute Gasteiger partial charge is 0.124 e. The van der Waals surface area contributed by atoms with Crippen molar-refractivity contribution in [3.05, 3.63) is 28.8 Å². The summed E-state index contributed by atoms with van der Waals surface area (Å²) in [6.07, 6.45) is 3.60. The molecule has 2 atom stereocenters. The van der Waals surface area contributed by atoms with E-state index in [0.717, 1.165) is 68.4 Å². The van der Waals surface area contributed by atoms with Crippen LogP contribution in [0.2, 0.25) is 5.02 Å². The van der Waals surface area contributed by atoms with Crippen molar-refractivity contribution in [2.45, 2.75) is 38.8 Å². The molecule has 2 saturated heterocycles. The Morgan fingerprint density at radius 2 is 2.29 bits per heavy atom. The van der Waals surface area contributed by atoms with Crippen LogP contribution in [0.15, 0.2) is 18.2 Å². The molecule has 0 radical (unpaired) electrons. The summed E-state index contributed by atoms with van der Waals surface area (Å²) < 4.78 is 11.7. The first-order valence-corrected chi connectivity index (χ1v) is 8.91. The molecule has 0 saturated carbocycles. The van der Waals surface area contributed by atoms with Gasteiger partial charge >= 0.3 is 0 Å². The third kappa shape index (κ3) is 4.99. The van der Waals surface area contributed by atoms with Crippen molar-refractivity contribution in [3.8, 4) is 5.75 Å². The second-order valence-electron chi connectivity index (χ2n) is 7.17. The van der Waals surface area contributed by atoms with Gasteiger partial charge in [-0.25, -0.2) is 0 Å². The highest BCUT2D eigenvalue weighted by atomic mass is 35.5. The Morgan fingerprint density at radius 3 is 2.96 bits per heavy atom. The molecule has 0 spiro atoms. The molecule has 2 unspecified atom stereocenters. The van der Waals surface area contributed by atoms with Gasteiger partial charge in [-0.15, -0.1) is 12.4 Å². The number of benzene rings is 1. The highest BCUT2D eigenvalue weighted by Gasteiger charge is 2.32. The Labute approximate surface area is 156 Å². The second-order valence-corrected chi connectivity index (χ2v) is 7.61. The predicted molar refractivity (Wildman–Crippen MR) is 100 cm³/mol. The zero-order valence-corrected chi connectivity index (χ0v) is 15.9. The molecule has 2 aliphatic rings. The van der Waals surface area contributed by atoms with Crippen molar-refractivity contribution in [2.24, 2.45) is 11.1 Å². The van der Waals surface area contributed by atoms with Crippen molar-refractivity contribution >= 4 is 24.0 Å². The summed E-state index contributed by atoms with van der Waals surface area (Å²) in [6, 6.07) is 5.89. The van der Waals surface area contributed by atoms with Crippen LogP contribution in [0, 0.1) is 5.41 Å². The van der Waals surface area contributed by atoms with Crippen molar-refractivity contribution < 1.29 is 9.47 Å². The zero-order valence-electron chi connectivity index (χ0n) is 14.3. The molecule has 3 rings (SSSR count). The van der Waals surface area contributed by atoms with Gasteiger partial charge in [0.2, 0.25) is 0 Å². The molecule has 0 aliphatic carbocycles. The second kappa shape index (κ2) is 8.72. The van der Waals surface area contributed by atoms with Crippen molar-refractivity contribution in [1.82, 2.24) is 4.90 Å². The predicted octanol–water partition coefficient (Wildman–Crippen LogP) is 3.49. The Morgan fingerprint density at radius 1 is 1.46 bits per heavy atom. The van der Waals surface area contributed by atoms with Gasteiger partial charge in [-0.2, -0.15) is 0 Å². The number of halogens is 2. The Bertz CT molecular complexity index is 538. The van der Waals surface area contributed by atoms with Crippen LogP contribution in [0.3, 0.4) is 0 Å². The summed E-state index contributed by atoms with van der Waals surface area (Å²) >= 11 is 6.19. The first kappa shape index (κ1) is 19.8. The molecule has 136 valence electrons. The molecule has 0 bridgehead atoms. The minimum Gasteiger partial charge on any atom is -0.491 e. The van der Waals surface area contributed by atoms with E-state index >= 15 is 0 Å². The van der Waals surface area contributed by atoms with E-state index in [-0.39, 0.29) is 23.9 Å². The van der Waals surface area contributed by atoms with E-state index in [1.54, 1.807) is 0 Å². The normalized spacial score (nSPS) is 27.2. The largest absolute Gasteiger partial charge is 0.491 e. The summed E-state index contributed by atoms with van der Waals surface area (Å²) in [5.74, 6) is 0.922. The average Bonchev–Trinajstić information content (AvgIpc) is 3.17. The molecule has 4 nitrogen and oxygen atoms in total. The van der Waals surface area contributed by atoms with Gasteiger partial charge < -0.3 is 15.2 Å². The highest BCUT2D eigenvalue weighted by molar-refractivity contribution is 6.30. The van der Waals surface area contributed by atoms with Crippen LogP contribution < -0.4 is 10.5 Å². The van der Waals surface area contributed by atoms with Crippen molar-refractivity contribution in [3.63, 3.8) is 0 Å². The average molecular weight is 375 g/mol. The molecule has 6 heteroatoms. The van der Waals surface area contributed by atoms with E-state index in [1.165, 1.54) is 0 Å². The van der Waals surface area contributed by atoms with E-state index in [4.69, 9.17) is 26.8 Å². The van der Waals surface area contributed by atoms with Gasteiger partial charge in [0, 0.05) is 30.3 Å². The van der Waals surface area contributed by atoms with Crippen LogP contribution in [0.25, 0.3) is 0 Å². The maximum absolute atomic E-state index is 6.19. The Kier molecular flexibility index (Phi) is 7.20. The number of ether oxygens (including phenoxy) is 2. The zero-order chi connectivity index (χ0) is 16.3. The maximum atomic E-state index is 6.19. The topological polar surface area (TPSA) is 47.7 Å². The van der Waals surface area contributed by atoms with E-state index in [2.05, 4.69) is 11.8 Å². The van der Waals surface area contributed by atoms with E-state index in [0.29, 0.717) is 6.61 Å². The van der Waals surface area contributed by atoms with E-state index < -0.39 is 0 Å². The molecule has 2 aliphatic heterocycles. The number of hydrogen-bond acceptors (Lipinski definition) is 4. The number of nitrogens with two attached hydrogens (primary N) is 1. The highest BCUT2D eigenvalue weighted by Crippen LogP contribution is 2.32. The molecule has 1 aromatic rings. The quantitative estimate of drug-likeness (QED) is 0.827. The fourth-order valence-corrected chi connectivity index (χ4v) is 3.63. The number of nitrogens with zero attached hydrogens (tertiary/aromatic N) is 1. The Hall–Kier alpha value is -0.520. The lowest BCUT2D eigenvalue weighted by molar-refractivity contribution is 0.0673. The molecule has 0 aromatic heterocycles. The number of likely N-dealkylation sites (tertiary alicyclic amines) is 1. The molecular formula is C18H28Cl2N2O2. The summed E-state index contributed by atoms with van der Waals surface area (Å²) in [7, 11) is 0. The lowest BCUT2D eigenvalue weighted by atomic mass is 9.90. The molecule has 2 fully saturated rings. The van der Waals surface area contributed by atoms with Crippen LogP contribution in [-0.4, -0.2) is 43.9 Å². The first-order chi connectivity index (χ1) is 11.1. The van der Waals surface area contributed by atoms with Gasteiger partial charge in [-0.05, 0) is 56.0 Å². The fraction of sp³-hybridized carbons (Fsp3) is 0.667. The van der Waals surface area contributed by atoms with Gasteiger partial charge in [-0.1, -0.05) is 18.5 Å². The van der Waals surface area contributed by atoms with Crippen LogP contribution in [0.1, 0.15) is 31.7 Å². The van der Waals surface area contributed by atoms with Crippen LogP contribution in [-0.2, 0) is 11.3 Å². The minimum atomic E-state index is 0. The lowest BCUT2D eigenvalue weighted by Crippen LogP contribution is -2.31. The van der Waals surface area contributed by atoms with Gasteiger partial charge in [0.05, 0.1) is 6.10 Å². The standard InChI is InChI=1S/C18H27ClN2O2.ClH/c1-18(12-20)6-7-21(13-18)10-14-9-15(19)4-5-17(14)23-11-16-3-2-8-22-16;/h4-5,9,16H,2-3,6-8,10-13,20H2,1H3;1H. The van der Waals surface area contributed by atoms with Gasteiger partial charge in [-0.3, -0.25) is 4.90 Å². The van der Waals surface area contributed by atoms with E-state index in [1.807, 2.05) is 18.2 Å². The molecular weight excluding hydrogens is 347 g/mol. The first-order valence-electron chi connectivity index (χ1n) is 8.53. The SMILES string of the molecule is CC1(CN)CCN(Cc2cc(Cl)ccc2OCC2CCCO2)C1.Cl. The third-order valence-corrected chi connectivity index (χ3v) is 5.23. The fourth-order valence-electron chi connectivity index (χ4n) is 3.44. The summed E-state index contributed by atoms with van der Waals surface area (Å²) in [4.78, 5) is 2.44. The maximum Gasteiger partial charge on any atom is 0.124 e. The molecule has 1 aromatic carbocycles. The molecule has 24 heavy (non-hydrogen) atoms. The molecule has 2 N–H and O–H groups in total. The minimum absolute atomic E-state index is 0. The van der Waals surface area contributed by atoms with Crippen molar-refractivity contribution in [1.29, 1.82) is 0 Å². The number of hydrogen-bond donors (Lipinski definition) is 1. The monoisotopic (exact) mass is 374 g/mol. The summed E-state index contributed by atoms with van der Waals surface area (Å²) in [5.41, 5.74) is 7.29. The Balaban J connectivity index is 0.00000208.